The number of piperazine rings is 1. The van der Waals surface area contributed by atoms with Crippen molar-refractivity contribution in [1.29, 1.82) is 0 Å². The fraction of sp³-hybridized carbons (Fsp3) is 0.737. The Labute approximate surface area is 151 Å². The minimum atomic E-state index is -0.404. The summed E-state index contributed by atoms with van der Waals surface area (Å²) in [6.45, 7) is 13.8. The van der Waals surface area contributed by atoms with E-state index in [9.17, 15) is 4.79 Å². The molecule has 1 aromatic heterocycles. The summed E-state index contributed by atoms with van der Waals surface area (Å²) >= 11 is 0. The third kappa shape index (κ3) is 4.11. The first-order chi connectivity index (χ1) is 11.9. The van der Waals surface area contributed by atoms with Gasteiger partial charge in [0.05, 0.1) is 5.41 Å². The molecule has 1 aromatic rings. The van der Waals surface area contributed by atoms with Crippen molar-refractivity contribution in [3.63, 3.8) is 0 Å². The zero-order valence-electron chi connectivity index (χ0n) is 16.4. The maximum absolute atomic E-state index is 13.0. The van der Waals surface area contributed by atoms with E-state index in [0.717, 1.165) is 56.4 Å². The number of amides is 1. The second kappa shape index (κ2) is 8.13. The number of anilines is 1. The first kappa shape index (κ1) is 19.6. The van der Waals surface area contributed by atoms with Crippen molar-refractivity contribution in [2.75, 3.05) is 37.6 Å². The Kier molecular flexibility index (Phi) is 6.38. The van der Waals surface area contributed by atoms with Gasteiger partial charge >= 0.3 is 0 Å². The van der Waals surface area contributed by atoms with Crippen molar-refractivity contribution >= 4 is 11.7 Å². The molecule has 0 saturated carbocycles. The van der Waals surface area contributed by atoms with Gasteiger partial charge in [-0.3, -0.25) is 4.79 Å². The maximum atomic E-state index is 13.0. The molecule has 25 heavy (non-hydrogen) atoms. The van der Waals surface area contributed by atoms with E-state index < -0.39 is 5.41 Å². The van der Waals surface area contributed by atoms with Gasteiger partial charge < -0.3 is 15.5 Å². The predicted octanol–water partition coefficient (Wildman–Crippen LogP) is 2.32. The molecule has 2 rings (SSSR count). The molecule has 6 heteroatoms. The number of carbonyl (C=O) groups is 1. The Morgan fingerprint density at radius 3 is 2.28 bits per heavy atom. The van der Waals surface area contributed by atoms with E-state index in [1.165, 1.54) is 0 Å². The molecule has 2 N–H and O–H groups in total. The predicted molar refractivity (Wildman–Crippen MR) is 102 cm³/mol. The standard InChI is InChI=1S/C19H33N5O/c1-6-19(7-2,13-20)18(25)24-10-8-23(9-11-24)16-12-15(5)21-17(22-16)14(3)4/h12,14H,6-11,13,20H2,1-5H3. The molecule has 0 aromatic carbocycles. The number of rotatable bonds is 6. The number of hydrogen-bond acceptors (Lipinski definition) is 5. The summed E-state index contributed by atoms with van der Waals surface area (Å²) in [5.41, 5.74) is 6.53. The second-order valence-corrected chi connectivity index (χ2v) is 7.35. The fourth-order valence-electron chi connectivity index (χ4n) is 3.40. The Bertz CT molecular complexity index is 581. The second-order valence-electron chi connectivity index (χ2n) is 7.35. The third-order valence-corrected chi connectivity index (χ3v) is 5.46. The molecule has 1 aliphatic heterocycles. The van der Waals surface area contributed by atoms with Crippen molar-refractivity contribution in [2.45, 2.75) is 53.4 Å². The highest BCUT2D eigenvalue weighted by Gasteiger charge is 2.37. The number of hydrogen-bond donors (Lipinski definition) is 1. The molecular weight excluding hydrogens is 314 g/mol. The van der Waals surface area contributed by atoms with E-state index in [0.29, 0.717) is 12.5 Å². The van der Waals surface area contributed by atoms with Crippen LogP contribution >= 0.6 is 0 Å². The van der Waals surface area contributed by atoms with E-state index in [-0.39, 0.29) is 5.91 Å². The Morgan fingerprint density at radius 1 is 1.20 bits per heavy atom. The lowest BCUT2D eigenvalue weighted by molar-refractivity contribution is -0.142. The number of nitrogens with zero attached hydrogens (tertiary/aromatic N) is 4. The average Bonchev–Trinajstić information content (AvgIpc) is 2.63. The Balaban J connectivity index is 2.08. The summed E-state index contributed by atoms with van der Waals surface area (Å²) < 4.78 is 0. The molecule has 0 unspecified atom stereocenters. The zero-order valence-corrected chi connectivity index (χ0v) is 16.4. The van der Waals surface area contributed by atoms with Gasteiger partial charge in [-0.2, -0.15) is 0 Å². The molecule has 0 radical (unpaired) electrons. The van der Waals surface area contributed by atoms with E-state index >= 15 is 0 Å². The lowest BCUT2D eigenvalue weighted by Crippen LogP contribution is -2.55. The van der Waals surface area contributed by atoms with Crippen LogP contribution in [0.3, 0.4) is 0 Å². The summed E-state index contributed by atoms with van der Waals surface area (Å²) in [7, 11) is 0. The van der Waals surface area contributed by atoms with E-state index in [1.54, 1.807) is 0 Å². The first-order valence-electron chi connectivity index (χ1n) is 9.46. The zero-order chi connectivity index (χ0) is 18.6. The summed E-state index contributed by atoms with van der Waals surface area (Å²) in [4.78, 5) is 26.4. The topological polar surface area (TPSA) is 75.4 Å². The van der Waals surface area contributed by atoms with Crippen LogP contribution in [0.4, 0.5) is 5.82 Å². The molecule has 1 aliphatic rings. The van der Waals surface area contributed by atoms with Crippen LogP contribution in [0, 0.1) is 12.3 Å². The molecule has 0 aliphatic carbocycles. The van der Waals surface area contributed by atoms with Gasteiger partial charge in [0.15, 0.2) is 0 Å². The monoisotopic (exact) mass is 347 g/mol. The highest BCUT2D eigenvalue weighted by atomic mass is 16.2. The first-order valence-corrected chi connectivity index (χ1v) is 9.46. The molecule has 1 amide bonds. The molecule has 2 heterocycles. The van der Waals surface area contributed by atoms with E-state index in [1.807, 2.05) is 17.9 Å². The van der Waals surface area contributed by atoms with Crippen LogP contribution in [0.25, 0.3) is 0 Å². The molecule has 0 atom stereocenters. The number of aromatic nitrogens is 2. The fourth-order valence-corrected chi connectivity index (χ4v) is 3.40. The van der Waals surface area contributed by atoms with Gasteiger partial charge in [0.25, 0.3) is 0 Å². The number of aryl methyl sites for hydroxylation is 1. The summed E-state index contributed by atoms with van der Waals surface area (Å²) in [6.07, 6.45) is 1.59. The van der Waals surface area contributed by atoms with Gasteiger partial charge in [0.1, 0.15) is 11.6 Å². The molecule has 1 fully saturated rings. The lowest BCUT2D eigenvalue weighted by atomic mass is 9.81. The van der Waals surface area contributed by atoms with Crippen LogP contribution < -0.4 is 10.6 Å². The third-order valence-electron chi connectivity index (χ3n) is 5.46. The SMILES string of the molecule is CCC(CC)(CN)C(=O)N1CCN(c2cc(C)nc(C(C)C)n2)CC1. The Hall–Kier alpha value is -1.69. The van der Waals surface area contributed by atoms with Gasteiger partial charge in [-0.1, -0.05) is 27.7 Å². The van der Waals surface area contributed by atoms with Gasteiger partial charge in [-0.15, -0.1) is 0 Å². The largest absolute Gasteiger partial charge is 0.353 e. The van der Waals surface area contributed by atoms with Crippen LogP contribution in [-0.4, -0.2) is 53.5 Å². The highest BCUT2D eigenvalue weighted by molar-refractivity contribution is 5.83. The molecule has 6 nitrogen and oxygen atoms in total. The van der Waals surface area contributed by atoms with Crippen LogP contribution in [0.1, 0.15) is 58.0 Å². The van der Waals surface area contributed by atoms with Gasteiger partial charge in [0, 0.05) is 50.4 Å². The van der Waals surface area contributed by atoms with Crippen molar-refractivity contribution in [3.05, 3.63) is 17.6 Å². The number of carbonyl (C=O) groups excluding carboxylic acids is 1. The van der Waals surface area contributed by atoms with Crippen molar-refractivity contribution < 1.29 is 4.79 Å². The quantitative estimate of drug-likeness (QED) is 0.855. The van der Waals surface area contributed by atoms with Gasteiger partial charge in [-0.05, 0) is 19.8 Å². The molecule has 1 saturated heterocycles. The summed E-state index contributed by atoms with van der Waals surface area (Å²) in [5.74, 6) is 2.37. The average molecular weight is 348 g/mol. The van der Waals surface area contributed by atoms with Crippen LogP contribution in [0.2, 0.25) is 0 Å². The summed E-state index contributed by atoms with van der Waals surface area (Å²) in [5, 5.41) is 0. The van der Waals surface area contributed by atoms with Crippen LogP contribution in [-0.2, 0) is 4.79 Å². The van der Waals surface area contributed by atoms with Crippen molar-refractivity contribution in [3.8, 4) is 0 Å². The smallest absolute Gasteiger partial charge is 0.230 e. The van der Waals surface area contributed by atoms with Crippen molar-refractivity contribution in [1.82, 2.24) is 14.9 Å². The maximum Gasteiger partial charge on any atom is 0.230 e. The minimum absolute atomic E-state index is 0.210. The van der Waals surface area contributed by atoms with E-state index in [2.05, 4.69) is 37.6 Å². The minimum Gasteiger partial charge on any atom is -0.353 e. The molecule has 0 bridgehead atoms. The van der Waals surface area contributed by atoms with Gasteiger partial charge in [0.2, 0.25) is 5.91 Å². The Morgan fingerprint density at radius 2 is 1.80 bits per heavy atom. The lowest BCUT2D eigenvalue weighted by Gasteiger charge is -2.40. The normalized spacial score (nSPS) is 15.8. The van der Waals surface area contributed by atoms with Crippen molar-refractivity contribution in [2.24, 2.45) is 11.1 Å². The molecule has 140 valence electrons. The summed E-state index contributed by atoms with van der Waals surface area (Å²) in [6, 6.07) is 2.03. The van der Waals surface area contributed by atoms with E-state index in [4.69, 9.17) is 10.7 Å². The molecular formula is C19H33N5O. The van der Waals surface area contributed by atoms with Crippen LogP contribution in [0.15, 0.2) is 6.07 Å². The highest BCUT2D eigenvalue weighted by Crippen LogP contribution is 2.28. The number of nitrogens with two attached hydrogens (primary N) is 1. The van der Waals surface area contributed by atoms with Crippen LogP contribution in [0.5, 0.6) is 0 Å². The molecule has 0 spiro atoms. The van der Waals surface area contributed by atoms with Gasteiger partial charge in [-0.25, -0.2) is 9.97 Å².